The number of nitrogens with zero attached hydrogens (tertiary/aromatic N) is 1. The first-order chi connectivity index (χ1) is 10.2. The molecule has 4 heteroatoms. The van der Waals surface area contributed by atoms with E-state index in [0.29, 0.717) is 12.5 Å². The number of hydrogen-bond donors (Lipinski definition) is 1. The van der Waals surface area contributed by atoms with Crippen molar-refractivity contribution in [2.75, 3.05) is 12.4 Å². The van der Waals surface area contributed by atoms with Crippen LogP contribution in [0.3, 0.4) is 0 Å². The molecule has 1 aromatic carbocycles. The summed E-state index contributed by atoms with van der Waals surface area (Å²) in [6, 6.07) is 12.2. The van der Waals surface area contributed by atoms with Gasteiger partial charge in [0.15, 0.2) is 0 Å². The Labute approximate surface area is 126 Å². The Morgan fingerprint density at radius 2 is 1.81 bits per heavy atom. The molecule has 21 heavy (non-hydrogen) atoms. The zero-order valence-electron chi connectivity index (χ0n) is 12.8. The number of methoxy groups -OCH3 is 1. The summed E-state index contributed by atoms with van der Waals surface area (Å²) in [4.78, 5) is 4.27. The van der Waals surface area contributed by atoms with Crippen molar-refractivity contribution in [3.05, 3.63) is 53.7 Å². The zero-order valence-corrected chi connectivity index (χ0v) is 12.8. The predicted octanol–water partition coefficient (Wildman–Crippen LogP) is 3.63. The van der Waals surface area contributed by atoms with E-state index in [9.17, 15) is 0 Å². The molecule has 0 atom stereocenters. The number of hydrogen-bond acceptors (Lipinski definition) is 4. The van der Waals surface area contributed by atoms with Crippen LogP contribution >= 0.6 is 0 Å². The van der Waals surface area contributed by atoms with E-state index in [-0.39, 0.29) is 6.10 Å². The van der Waals surface area contributed by atoms with E-state index in [4.69, 9.17) is 9.47 Å². The van der Waals surface area contributed by atoms with E-state index in [0.717, 1.165) is 12.2 Å². The summed E-state index contributed by atoms with van der Waals surface area (Å²) in [6.07, 6.45) is 1.84. The molecule has 0 unspecified atom stereocenters. The average Bonchev–Trinajstić information content (AvgIpc) is 2.48. The molecular formula is C17H22N2O2. The lowest BCUT2D eigenvalue weighted by molar-refractivity contribution is 0.185. The first-order valence-electron chi connectivity index (χ1n) is 7.11. The Balaban J connectivity index is 1.99. The molecular weight excluding hydrogens is 264 g/mol. The van der Waals surface area contributed by atoms with Gasteiger partial charge in [-0.1, -0.05) is 24.3 Å². The van der Waals surface area contributed by atoms with Crippen molar-refractivity contribution in [1.82, 2.24) is 4.98 Å². The molecule has 0 fully saturated rings. The maximum atomic E-state index is 5.69. The van der Waals surface area contributed by atoms with Gasteiger partial charge >= 0.3 is 0 Å². The molecule has 1 heterocycles. The van der Waals surface area contributed by atoms with Crippen molar-refractivity contribution in [2.45, 2.75) is 33.1 Å². The third-order valence-electron chi connectivity index (χ3n) is 2.94. The van der Waals surface area contributed by atoms with Crippen molar-refractivity contribution in [1.29, 1.82) is 0 Å². The fourth-order valence-corrected chi connectivity index (χ4v) is 1.96. The summed E-state index contributed by atoms with van der Waals surface area (Å²) in [6.45, 7) is 5.36. The van der Waals surface area contributed by atoms with E-state index < -0.39 is 0 Å². The minimum Gasteiger partial charge on any atom is -0.473 e. The highest BCUT2D eigenvalue weighted by atomic mass is 16.5. The lowest BCUT2D eigenvalue weighted by Gasteiger charge is -2.14. The second-order valence-electron chi connectivity index (χ2n) is 5.13. The number of ether oxygens (including phenoxy) is 2. The summed E-state index contributed by atoms with van der Waals surface area (Å²) in [7, 11) is 1.70. The summed E-state index contributed by atoms with van der Waals surface area (Å²) >= 11 is 0. The van der Waals surface area contributed by atoms with Crippen LogP contribution in [-0.4, -0.2) is 18.2 Å². The van der Waals surface area contributed by atoms with Gasteiger partial charge in [0.25, 0.3) is 0 Å². The van der Waals surface area contributed by atoms with Gasteiger partial charge in [-0.3, -0.25) is 0 Å². The van der Waals surface area contributed by atoms with Gasteiger partial charge in [-0.2, -0.15) is 0 Å². The molecule has 1 aromatic heterocycles. The smallest absolute Gasteiger partial charge is 0.237 e. The monoisotopic (exact) mass is 286 g/mol. The van der Waals surface area contributed by atoms with Gasteiger partial charge in [-0.15, -0.1) is 0 Å². The van der Waals surface area contributed by atoms with Gasteiger partial charge in [-0.25, -0.2) is 4.98 Å². The van der Waals surface area contributed by atoms with Gasteiger partial charge in [0.2, 0.25) is 5.88 Å². The van der Waals surface area contributed by atoms with Crippen molar-refractivity contribution in [3.63, 3.8) is 0 Å². The van der Waals surface area contributed by atoms with Crippen LogP contribution in [0.25, 0.3) is 0 Å². The molecule has 112 valence electrons. The molecule has 2 aromatic rings. The van der Waals surface area contributed by atoms with Crippen LogP contribution in [0.15, 0.2) is 42.6 Å². The fraction of sp³-hybridized carbons (Fsp3) is 0.353. The first kappa shape index (κ1) is 15.3. The zero-order chi connectivity index (χ0) is 15.1. The van der Waals surface area contributed by atoms with Gasteiger partial charge in [0.1, 0.15) is 0 Å². The highest BCUT2D eigenvalue weighted by Crippen LogP contribution is 2.22. The van der Waals surface area contributed by atoms with Gasteiger partial charge in [0.05, 0.1) is 18.4 Å². The van der Waals surface area contributed by atoms with Crippen molar-refractivity contribution >= 4 is 5.69 Å². The minimum atomic E-state index is 0.105. The van der Waals surface area contributed by atoms with Crippen molar-refractivity contribution in [2.24, 2.45) is 0 Å². The van der Waals surface area contributed by atoms with E-state index in [1.165, 1.54) is 11.1 Å². The second kappa shape index (κ2) is 7.64. The van der Waals surface area contributed by atoms with Gasteiger partial charge in [0, 0.05) is 19.9 Å². The predicted molar refractivity (Wildman–Crippen MR) is 84.5 cm³/mol. The lowest BCUT2D eigenvalue weighted by Crippen LogP contribution is -2.10. The van der Waals surface area contributed by atoms with E-state index in [2.05, 4.69) is 34.6 Å². The quantitative estimate of drug-likeness (QED) is 0.844. The standard InChI is InChI=1S/C17H22N2O2/c1-13(2)21-17-16(5-4-10-18-17)19-11-14-6-8-15(9-7-14)12-20-3/h4-10,13,19H,11-12H2,1-3H3. The van der Waals surface area contributed by atoms with Crippen LogP contribution in [0.2, 0.25) is 0 Å². The molecule has 0 spiro atoms. The van der Waals surface area contributed by atoms with E-state index >= 15 is 0 Å². The third-order valence-corrected chi connectivity index (χ3v) is 2.94. The minimum absolute atomic E-state index is 0.105. The van der Waals surface area contributed by atoms with Crippen LogP contribution in [0.1, 0.15) is 25.0 Å². The highest BCUT2D eigenvalue weighted by molar-refractivity contribution is 5.52. The molecule has 4 nitrogen and oxygen atoms in total. The molecule has 0 aliphatic carbocycles. The topological polar surface area (TPSA) is 43.4 Å². The molecule has 0 amide bonds. The highest BCUT2D eigenvalue weighted by Gasteiger charge is 2.06. The largest absolute Gasteiger partial charge is 0.473 e. The molecule has 0 aliphatic rings. The number of nitrogens with one attached hydrogen (secondary N) is 1. The van der Waals surface area contributed by atoms with Crippen molar-refractivity contribution in [3.8, 4) is 5.88 Å². The fourth-order valence-electron chi connectivity index (χ4n) is 1.96. The van der Waals surface area contributed by atoms with Crippen LogP contribution < -0.4 is 10.1 Å². The number of anilines is 1. The molecule has 0 saturated carbocycles. The number of aromatic nitrogens is 1. The van der Waals surface area contributed by atoms with Crippen LogP contribution in [0.5, 0.6) is 5.88 Å². The number of benzene rings is 1. The Hall–Kier alpha value is -2.07. The van der Waals surface area contributed by atoms with E-state index in [1.807, 2.05) is 26.0 Å². The summed E-state index contributed by atoms with van der Waals surface area (Å²) in [5.74, 6) is 0.642. The first-order valence-corrected chi connectivity index (χ1v) is 7.11. The van der Waals surface area contributed by atoms with Gasteiger partial charge < -0.3 is 14.8 Å². The summed E-state index contributed by atoms with van der Waals surface area (Å²) in [5, 5.41) is 3.37. The third kappa shape index (κ3) is 4.76. The Morgan fingerprint density at radius 1 is 1.10 bits per heavy atom. The normalized spacial score (nSPS) is 10.7. The molecule has 0 saturated heterocycles. The summed E-state index contributed by atoms with van der Waals surface area (Å²) < 4.78 is 10.8. The van der Waals surface area contributed by atoms with Crippen molar-refractivity contribution < 1.29 is 9.47 Å². The molecule has 1 N–H and O–H groups in total. The van der Waals surface area contributed by atoms with E-state index in [1.54, 1.807) is 13.3 Å². The van der Waals surface area contributed by atoms with Crippen LogP contribution in [0, 0.1) is 0 Å². The second-order valence-corrected chi connectivity index (χ2v) is 5.13. The Morgan fingerprint density at radius 3 is 2.48 bits per heavy atom. The number of rotatable bonds is 7. The summed E-state index contributed by atoms with van der Waals surface area (Å²) in [5.41, 5.74) is 3.29. The Bertz CT molecular complexity index is 553. The Kier molecular flexibility index (Phi) is 5.58. The lowest BCUT2D eigenvalue weighted by atomic mass is 10.1. The molecule has 0 bridgehead atoms. The maximum absolute atomic E-state index is 5.69. The molecule has 0 radical (unpaired) electrons. The molecule has 0 aliphatic heterocycles. The average molecular weight is 286 g/mol. The van der Waals surface area contributed by atoms with Crippen LogP contribution in [-0.2, 0) is 17.9 Å². The van der Waals surface area contributed by atoms with Gasteiger partial charge in [-0.05, 0) is 37.1 Å². The maximum Gasteiger partial charge on any atom is 0.237 e. The SMILES string of the molecule is COCc1ccc(CNc2cccnc2OC(C)C)cc1. The van der Waals surface area contributed by atoms with Crippen LogP contribution in [0.4, 0.5) is 5.69 Å². The number of pyridine rings is 1. The molecule has 2 rings (SSSR count).